The van der Waals surface area contributed by atoms with Crippen molar-refractivity contribution >= 4 is 23.6 Å². The first kappa shape index (κ1) is 14.5. The van der Waals surface area contributed by atoms with Gasteiger partial charge in [0.05, 0.1) is 0 Å². The summed E-state index contributed by atoms with van der Waals surface area (Å²) >= 11 is 0. The summed E-state index contributed by atoms with van der Waals surface area (Å²) in [5, 5.41) is 11.2. The lowest BCUT2D eigenvalue weighted by Crippen LogP contribution is -2.15. The van der Waals surface area contributed by atoms with Gasteiger partial charge in [0.2, 0.25) is 0 Å². The summed E-state index contributed by atoms with van der Waals surface area (Å²) in [5.41, 5.74) is 3.20. The van der Waals surface area contributed by atoms with Crippen molar-refractivity contribution < 1.29 is 14.8 Å². The van der Waals surface area contributed by atoms with Crippen LogP contribution in [0, 0.1) is 0 Å². The first-order valence-corrected chi connectivity index (χ1v) is 6.28. The molecule has 0 saturated heterocycles. The monoisotopic (exact) mass is 282 g/mol. The van der Waals surface area contributed by atoms with Gasteiger partial charge in [0, 0.05) is 17.3 Å². The molecule has 0 saturated carbocycles. The van der Waals surface area contributed by atoms with E-state index in [0.29, 0.717) is 16.8 Å². The fourth-order valence-electron chi connectivity index (χ4n) is 1.77. The molecular weight excluding hydrogens is 268 g/mol. The predicted octanol–water partition coefficient (Wildman–Crippen LogP) is 2.46. The molecule has 2 aromatic carbocycles. The van der Waals surface area contributed by atoms with E-state index >= 15 is 0 Å². The molecule has 0 unspecified atom stereocenters. The Morgan fingerprint density at radius 1 is 0.952 bits per heavy atom. The van der Waals surface area contributed by atoms with Gasteiger partial charge in [-0.1, -0.05) is 36.4 Å². The molecule has 0 spiro atoms. The Morgan fingerprint density at radius 2 is 1.62 bits per heavy atom. The van der Waals surface area contributed by atoms with Crippen molar-refractivity contribution in [3.8, 4) is 0 Å². The average Bonchev–Trinajstić information content (AvgIpc) is 2.53. The SMILES string of the molecule is O=C(C=Cc1ccccc1C(=O)Nc1ccccc1)NO. The molecule has 106 valence electrons. The van der Waals surface area contributed by atoms with E-state index in [1.165, 1.54) is 11.6 Å². The highest BCUT2D eigenvalue weighted by Gasteiger charge is 2.09. The van der Waals surface area contributed by atoms with Crippen LogP contribution >= 0.6 is 0 Å². The number of hydrogen-bond acceptors (Lipinski definition) is 3. The highest BCUT2D eigenvalue weighted by atomic mass is 16.5. The van der Waals surface area contributed by atoms with Crippen molar-refractivity contribution in [3.63, 3.8) is 0 Å². The van der Waals surface area contributed by atoms with Gasteiger partial charge in [-0.2, -0.15) is 0 Å². The van der Waals surface area contributed by atoms with Gasteiger partial charge in [0.15, 0.2) is 0 Å². The molecule has 2 amide bonds. The van der Waals surface area contributed by atoms with Gasteiger partial charge in [-0.25, -0.2) is 5.48 Å². The second kappa shape index (κ2) is 7.02. The normalized spacial score (nSPS) is 10.3. The molecule has 5 heteroatoms. The number of carbonyl (C=O) groups excluding carboxylic acids is 2. The lowest BCUT2D eigenvalue weighted by Gasteiger charge is -2.07. The molecule has 0 aliphatic rings. The van der Waals surface area contributed by atoms with Crippen LogP contribution in [0.25, 0.3) is 6.08 Å². The van der Waals surface area contributed by atoms with Crippen molar-refractivity contribution in [1.82, 2.24) is 5.48 Å². The quantitative estimate of drug-likeness (QED) is 0.458. The highest BCUT2D eigenvalue weighted by Crippen LogP contribution is 2.14. The highest BCUT2D eigenvalue weighted by molar-refractivity contribution is 6.07. The van der Waals surface area contributed by atoms with Crippen LogP contribution in [0.1, 0.15) is 15.9 Å². The van der Waals surface area contributed by atoms with Crippen LogP contribution in [-0.2, 0) is 4.79 Å². The summed E-state index contributed by atoms with van der Waals surface area (Å²) in [7, 11) is 0. The minimum Gasteiger partial charge on any atom is -0.322 e. The number of carbonyl (C=O) groups is 2. The van der Waals surface area contributed by atoms with E-state index in [1.807, 2.05) is 18.2 Å². The van der Waals surface area contributed by atoms with Gasteiger partial charge in [-0.05, 0) is 29.8 Å². The van der Waals surface area contributed by atoms with E-state index < -0.39 is 5.91 Å². The third-order valence-corrected chi connectivity index (χ3v) is 2.76. The molecule has 3 N–H and O–H groups in total. The Balaban J connectivity index is 2.21. The van der Waals surface area contributed by atoms with E-state index in [9.17, 15) is 9.59 Å². The third kappa shape index (κ3) is 4.02. The lowest BCUT2D eigenvalue weighted by atomic mass is 10.1. The summed E-state index contributed by atoms with van der Waals surface area (Å²) in [6, 6.07) is 16.0. The molecule has 2 aromatic rings. The number of amides is 2. The Labute approximate surface area is 121 Å². The topological polar surface area (TPSA) is 78.4 Å². The number of hydrogen-bond donors (Lipinski definition) is 3. The van der Waals surface area contributed by atoms with Gasteiger partial charge in [0.1, 0.15) is 0 Å². The van der Waals surface area contributed by atoms with Crippen molar-refractivity contribution in [2.45, 2.75) is 0 Å². The summed E-state index contributed by atoms with van der Waals surface area (Å²) in [6.07, 6.45) is 2.61. The standard InChI is InChI=1S/C16H14N2O3/c19-15(18-21)11-10-12-6-4-5-9-14(12)16(20)17-13-7-2-1-3-8-13/h1-11,21H,(H,17,20)(H,18,19). The Hall–Kier alpha value is -2.92. The predicted molar refractivity (Wildman–Crippen MR) is 79.8 cm³/mol. The van der Waals surface area contributed by atoms with E-state index in [4.69, 9.17) is 5.21 Å². The second-order valence-electron chi connectivity index (χ2n) is 4.22. The zero-order valence-corrected chi connectivity index (χ0v) is 11.1. The zero-order valence-electron chi connectivity index (χ0n) is 11.1. The molecule has 21 heavy (non-hydrogen) atoms. The number of benzene rings is 2. The van der Waals surface area contributed by atoms with Crippen molar-refractivity contribution in [1.29, 1.82) is 0 Å². The molecule has 0 aliphatic carbocycles. The molecule has 0 atom stereocenters. The fourth-order valence-corrected chi connectivity index (χ4v) is 1.77. The maximum Gasteiger partial charge on any atom is 0.267 e. The van der Waals surface area contributed by atoms with Crippen molar-refractivity contribution in [2.75, 3.05) is 5.32 Å². The van der Waals surface area contributed by atoms with Crippen molar-refractivity contribution in [2.24, 2.45) is 0 Å². The number of rotatable bonds is 4. The molecule has 0 fully saturated rings. The van der Waals surface area contributed by atoms with Gasteiger partial charge in [0.25, 0.3) is 11.8 Å². The first-order valence-electron chi connectivity index (χ1n) is 6.28. The van der Waals surface area contributed by atoms with Crippen LogP contribution in [0.5, 0.6) is 0 Å². The van der Waals surface area contributed by atoms with Gasteiger partial charge < -0.3 is 5.32 Å². The summed E-state index contributed by atoms with van der Waals surface area (Å²) in [6.45, 7) is 0. The molecule has 0 heterocycles. The fraction of sp³-hybridized carbons (Fsp3) is 0. The summed E-state index contributed by atoms with van der Waals surface area (Å²) < 4.78 is 0. The summed E-state index contributed by atoms with van der Waals surface area (Å²) in [5.74, 6) is -0.931. The van der Waals surface area contributed by atoms with Crippen molar-refractivity contribution in [3.05, 3.63) is 71.8 Å². The molecule has 0 bridgehead atoms. The molecule has 0 aromatic heterocycles. The van der Waals surface area contributed by atoms with Crippen LogP contribution in [-0.4, -0.2) is 17.0 Å². The van der Waals surface area contributed by atoms with E-state index in [1.54, 1.807) is 36.4 Å². The van der Waals surface area contributed by atoms with E-state index in [-0.39, 0.29) is 5.91 Å². The molecule has 5 nitrogen and oxygen atoms in total. The van der Waals surface area contributed by atoms with Gasteiger partial charge >= 0.3 is 0 Å². The Bertz CT molecular complexity index is 666. The first-order chi connectivity index (χ1) is 10.2. The number of nitrogens with one attached hydrogen (secondary N) is 2. The smallest absolute Gasteiger partial charge is 0.267 e. The van der Waals surface area contributed by atoms with Crippen LogP contribution in [0.3, 0.4) is 0 Å². The minimum absolute atomic E-state index is 0.272. The van der Waals surface area contributed by atoms with Crippen LogP contribution in [0.4, 0.5) is 5.69 Å². The zero-order chi connectivity index (χ0) is 15.1. The summed E-state index contributed by atoms with van der Waals surface area (Å²) in [4.78, 5) is 23.3. The lowest BCUT2D eigenvalue weighted by molar-refractivity contribution is -0.124. The molecule has 0 radical (unpaired) electrons. The third-order valence-electron chi connectivity index (χ3n) is 2.76. The average molecular weight is 282 g/mol. The maximum absolute atomic E-state index is 12.3. The Morgan fingerprint density at radius 3 is 2.33 bits per heavy atom. The van der Waals surface area contributed by atoms with E-state index in [2.05, 4.69) is 5.32 Å². The Kier molecular flexibility index (Phi) is 4.84. The van der Waals surface area contributed by atoms with Crippen LogP contribution < -0.4 is 10.8 Å². The van der Waals surface area contributed by atoms with Gasteiger partial charge in [-0.3, -0.25) is 14.8 Å². The van der Waals surface area contributed by atoms with Gasteiger partial charge in [-0.15, -0.1) is 0 Å². The maximum atomic E-state index is 12.3. The van der Waals surface area contributed by atoms with Crippen LogP contribution in [0.15, 0.2) is 60.7 Å². The largest absolute Gasteiger partial charge is 0.322 e. The number of anilines is 1. The molecule has 2 rings (SSSR count). The second-order valence-corrected chi connectivity index (χ2v) is 4.22. The van der Waals surface area contributed by atoms with E-state index in [0.717, 1.165) is 6.08 Å². The molecule has 0 aliphatic heterocycles. The minimum atomic E-state index is -0.659. The number of hydroxylamine groups is 1. The van der Waals surface area contributed by atoms with Crippen LogP contribution in [0.2, 0.25) is 0 Å². The number of para-hydroxylation sites is 1. The molecular formula is C16H14N2O3.